The van der Waals surface area contributed by atoms with Crippen LogP contribution in [0, 0.1) is 0 Å². The third-order valence-electron chi connectivity index (χ3n) is 6.28. The van der Waals surface area contributed by atoms with Gasteiger partial charge in [-0.25, -0.2) is 9.59 Å². The number of nitrogens with zero attached hydrogens (tertiary/aromatic N) is 4. The van der Waals surface area contributed by atoms with Crippen molar-refractivity contribution in [3.8, 4) is 0 Å². The van der Waals surface area contributed by atoms with E-state index in [9.17, 15) is 14.4 Å². The minimum Gasteiger partial charge on any atom is -0.444 e. The van der Waals surface area contributed by atoms with Crippen LogP contribution in [0.5, 0.6) is 0 Å². The van der Waals surface area contributed by atoms with E-state index in [1.807, 2.05) is 44.0 Å². The monoisotopic (exact) mass is 437 g/mol. The SMILES string of the molecule is CC(C)(C)OC(=O)N1C[C@@H]2C[C@H]1CN2c1cccc2c(N3CCC(=O)NC3=O)cncc12. The number of hydrogen-bond acceptors (Lipinski definition) is 6. The first-order chi connectivity index (χ1) is 15.2. The van der Waals surface area contributed by atoms with Crippen LogP contribution in [0.15, 0.2) is 30.6 Å². The van der Waals surface area contributed by atoms with Crippen LogP contribution in [0.4, 0.5) is 21.0 Å². The maximum Gasteiger partial charge on any atom is 0.410 e. The summed E-state index contributed by atoms with van der Waals surface area (Å²) in [7, 11) is 0. The van der Waals surface area contributed by atoms with Crippen molar-refractivity contribution in [2.75, 3.05) is 29.4 Å². The molecule has 9 heteroatoms. The molecule has 0 spiro atoms. The van der Waals surface area contributed by atoms with Gasteiger partial charge in [-0.1, -0.05) is 12.1 Å². The second-order valence-corrected chi connectivity index (χ2v) is 9.61. The number of piperazine rings is 1. The van der Waals surface area contributed by atoms with Crippen LogP contribution in [-0.2, 0) is 9.53 Å². The summed E-state index contributed by atoms with van der Waals surface area (Å²) in [6.07, 6.45) is 4.40. The van der Waals surface area contributed by atoms with E-state index in [2.05, 4.69) is 21.3 Å². The molecule has 32 heavy (non-hydrogen) atoms. The fourth-order valence-electron chi connectivity index (χ4n) is 4.93. The number of amides is 4. The fraction of sp³-hybridized carbons (Fsp3) is 0.478. The van der Waals surface area contributed by atoms with Crippen molar-refractivity contribution in [2.24, 2.45) is 0 Å². The summed E-state index contributed by atoms with van der Waals surface area (Å²) in [5.74, 6) is -0.261. The molecular weight excluding hydrogens is 410 g/mol. The molecule has 2 bridgehead atoms. The van der Waals surface area contributed by atoms with Crippen LogP contribution in [0.25, 0.3) is 10.8 Å². The molecule has 1 aromatic heterocycles. The maximum atomic E-state index is 12.6. The molecule has 5 rings (SSSR count). The lowest BCUT2D eigenvalue weighted by atomic mass is 10.1. The second-order valence-electron chi connectivity index (χ2n) is 9.61. The Morgan fingerprint density at radius 2 is 1.91 bits per heavy atom. The molecule has 3 saturated heterocycles. The van der Waals surface area contributed by atoms with Crippen LogP contribution in [0.3, 0.4) is 0 Å². The number of fused-ring (bicyclic) bond motifs is 3. The highest BCUT2D eigenvalue weighted by atomic mass is 16.6. The van der Waals surface area contributed by atoms with Crippen LogP contribution < -0.4 is 15.1 Å². The van der Waals surface area contributed by atoms with Crippen LogP contribution >= 0.6 is 0 Å². The van der Waals surface area contributed by atoms with Crippen molar-refractivity contribution < 1.29 is 19.1 Å². The first-order valence-electron chi connectivity index (χ1n) is 11.0. The molecule has 4 heterocycles. The van der Waals surface area contributed by atoms with E-state index in [-0.39, 0.29) is 30.5 Å². The lowest BCUT2D eigenvalue weighted by Gasteiger charge is -2.37. The number of hydrogen-bond donors (Lipinski definition) is 1. The highest BCUT2D eigenvalue weighted by molar-refractivity contribution is 6.11. The van der Waals surface area contributed by atoms with E-state index in [1.54, 1.807) is 11.1 Å². The number of anilines is 2. The van der Waals surface area contributed by atoms with Gasteiger partial charge in [0.1, 0.15) is 5.60 Å². The zero-order valence-corrected chi connectivity index (χ0v) is 18.5. The first-order valence-corrected chi connectivity index (χ1v) is 11.0. The van der Waals surface area contributed by atoms with Gasteiger partial charge in [-0.3, -0.25) is 20.0 Å². The molecule has 1 N–H and O–H groups in total. The van der Waals surface area contributed by atoms with E-state index in [0.29, 0.717) is 18.8 Å². The summed E-state index contributed by atoms with van der Waals surface area (Å²) in [6, 6.07) is 5.91. The predicted octanol–water partition coefficient (Wildman–Crippen LogP) is 2.88. The van der Waals surface area contributed by atoms with Gasteiger partial charge in [0.2, 0.25) is 5.91 Å². The summed E-state index contributed by atoms with van der Waals surface area (Å²) in [5.41, 5.74) is 1.22. The molecule has 1 aromatic carbocycles. The van der Waals surface area contributed by atoms with Gasteiger partial charge < -0.3 is 14.5 Å². The van der Waals surface area contributed by atoms with Gasteiger partial charge in [0.25, 0.3) is 0 Å². The number of nitrogens with one attached hydrogen (secondary N) is 1. The average Bonchev–Trinajstić information content (AvgIpc) is 3.33. The molecule has 0 aliphatic carbocycles. The van der Waals surface area contributed by atoms with E-state index >= 15 is 0 Å². The minimum absolute atomic E-state index is 0.111. The molecule has 3 aliphatic rings. The van der Waals surface area contributed by atoms with Crippen LogP contribution in [0.2, 0.25) is 0 Å². The molecule has 2 atom stereocenters. The molecule has 0 saturated carbocycles. The number of imide groups is 1. The number of carbonyl (C=O) groups excluding carboxylic acids is 3. The zero-order chi connectivity index (χ0) is 22.6. The number of rotatable bonds is 2. The van der Waals surface area contributed by atoms with Crippen molar-refractivity contribution >= 4 is 40.2 Å². The number of benzene rings is 1. The van der Waals surface area contributed by atoms with Gasteiger partial charge in [0.15, 0.2) is 0 Å². The molecule has 0 radical (unpaired) electrons. The topological polar surface area (TPSA) is 95.1 Å². The lowest BCUT2D eigenvalue weighted by molar-refractivity contribution is -0.120. The number of ether oxygens (including phenoxy) is 1. The molecule has 3 fully saturated rings. The van der Waals surface area contributed by atoms with E-state index in [4.69, 9.17) is 4.74 Å². The van der Waals surface area contributed by atoms with Gasteiger partial charge in [-0.05, 0) is 33.3 Å². The third-order valence-corrected chi connectivity index (χ3v) is 6.28. The largest absolute Gasteiger partial charge is 0.444 e. The number of carbonyl (C=O) groups is 3. The quantitative estimate of drug-likeness (QED) is 0.776. The average molecular weight is 438 g/mol. The Bertz CT molecular complexity index is 1110. The summed E-state index contributed by atoms with van der Waals surface area (Å²) in [4.78, 5) is 46.7. The van der Waals surface area contributed by atoms with Gasteiger partial charge in [-0.15, -0.1) is 0 Å². The Labute approximate surface area is 186 Å². The van der Waals surface area contributed by atoms with Crippen molar-refractivity contribution in [1.29, 1.82) is 0 Å². The summed E-state index contributed by atoms with van der Waals surface area (Å²) >= 11 is 0. The highest BCUT2D eigenvalue weighted by Crippen LogP contribution is 2.40. The Kier molecular flexibility index (Phi) is 4.72. The Morgan fingerprint density at radius 1 is 1.09 bits per heavy atom. The van der Waals surface area contributed by atoms with Crippen LogP contribution in [-0.4, -0.2) is 65.2 Å². The minimum atomic E-state index is -0.512. The number of aromatic nitrogens is 1. The van der Waals surface area contributed by atoms with Crippen LogP contribution in [0.1, 0.15) is 33.6 Å². The maximum absolute atomic E-state index is 12.6. The van der Waals surface area contributed by atoms with Crippen molar-refractivity contribution in [3.05, 3.63) is 30.6 Å². The molecule has 9 nitrogen and oxygen atoms in total. The first kappa shape index (κ1) is 20.5. The van der Waals surface area contributed by atoms with Gasteiger partial charge in [-0.2, -0.15) is 0 Å². The molecule has 0 unspecified atom stereocenters. The van der Waals surface area contributed by atoms with Gasteiger partial charge in [0, 0.05) is 54.8 Å². The molecule has 2 aromatic rings. The molecular formula is C23H27N5O4. The lowest BCUT2D eigenvalue weighted by Crippen LogP contribution is -2.50. The van der Waals surface area contributed by atoms with Gasteiger partial charge >= 0.3 is 12.1 Å². The van der Waals surface area contributed by atoms with Gasteiger partial charge in [0.05, 0.1) is 17.9 Å². The molecule has 3 aliphatic heterocycles. The van der Waals surface area contributed by atoms with E-state index < -0.39 is 11.6 Å². The summed E-state index contributed by atoms with van der Waals surface area (Å²) in [5, 5.41) is 4.24. The highest BCUT2D eigenvalue weighted by Gasteiger charge is 2.47. The summed E-state index contributed by atoms with van der Waals surface area (Å²) in [6.45, 7) is 7.32. The Hall–Kier alpha value is -3.36. The standard InChI is InChI=1S/C23H27N5O4/c1-23(2,3)32-22(31)28-13-14-9-15(28)12-27(14)18-6-4-5-16-17(18)10-24-11-19(16)26-8-7-20(29)25-21(26)30/h4-6,10-11,14-15H,7-9,12-13H2,1-3H3,(H,25,29,30)/t14-,15-/m0/s1. The number of likely N-dealkylation sites (tertiary alicyclic amines) is 1. The van der Waals surface area contributed by atoms with E-state index in [1.165, 1.54) is 0 Å². The predicted molar refractivity (Wildman–Crippen MR) is 120 cm³/mol. The van der Waals surface area contributed by atoms with E-state index in [0.717, 1.165) is 29.4 Å². The normalized spacial score (nSPS) is 23.2. The fourth-order valence-corrected chi connectivity index (χ4v) is 4.93. The van der Waals surface area contributed by atoms with Crippen molar-refractivity contribution in [2.45, 2.75) is 51.3 Å². The second kappa shape index (κ2) is 7.36. The summed E-state index contributed by atoms with van der Waals surface area (Å²) < 4.78 is 5.58. The number of urea groups is 1. The molecule has 168 valence electrons. The zero-order valence-electron chi connectivity index (χ0n) is 18.5. The Morgan fingerprint density at radius 3 is 2.59 bits per heavy atom. The third kappa shape index (κ3) is 3.51. The number of pyridine rings is 1. The van der Waals surface area contributed by atoms with Crippen molar-refractivity contribution in [3.63, 3.8) is 0 Å². The van der Waals surface area contributed by atoms with Crippen molar-refractivity contribution in [1.82, 2.24) is 15.2 Å². The smallest absolute Gasteiger partial charge is 0.410 e. The Balaban J connectivity index is 1.42. The molecule has 4 amide bonds.